The van der Waals surface area contributed by atoms with Gasteiger partial charge >= 0.3 is 0 Å². The molecule has 8 heteroatoms. The maximum absolute atomic E-state index is 11.8. The summed E-state index contributed by atoms with van der Waals surface area (Å²) in [5.74, 6) is 1.45. The van der Waals surface area contributed by atoms with Crippen molar-refractivity contribution in [2.75, 3.05) is 12.4 Å². The van der Waals surface area contributed by atoms with Gasteiger partial charge in [0.05, 0.1) is 23.5 Å². The highest BCUT2D eigenvalue weighted by Gasteiger charge is 2.05. The van der Waals surface area contributed by atoms with Gasteiger partial charge in [-0.2, -0.15) is 5.10 Å². The van der Waals surface area contributed by atoms with Crippen LogP contribution < -0.4 is 10.2 Å². The first-order valence-electron chi connectivity index (χ1n) is 8.94. The molecule has 0 fully saturated rings. The fourth-order valence-electron chi connectivity index (χ4n) is 2.17. The molecule has 2 rings (SSSR count). The third-order valence-electron chi connectivity index (χ3n) is 3.70. The van der Waals surface area contributed by atoms with Crippen molar-refractivity contribution < 1.29 is 14.5 Å². The van der Waals surface area contributed by atoms with Gasteiger partial charge in [-0.05, 0) is 41.8 Å². The minimum Gasteiger partial charge on any atom is -0.494 e. The first-order chi connectivity index (χ1) is 13.6. The van der Waals surface area contributed by atoms with E-state index in [1.54, 1.807) is 18.3 Å². The first kappa shape index (κ1) is 21.4. The minimum atomic E-state index is -0.435. The standard InChI is InChI=1S/C20H23N3O4S/c1-2-3-12-27-19-10-6-16(7-11-19)13-21-22-20(24)15-28-14-17-4-8-18(9-5-17)23(25)26/h4-11,13H,2-3,12,14-15H2,1H3,(H,22,24)/b21-13-. The van der Waals surface area contributed by atoms with Crippen LogP contribution >= 0.6 is 11.8 Å². The summed E-state index contributed by atoms with van der Waals surface area (Å²) in [6, 6.07) is 13.8. The van der Waals surface area contributed by atoms with Crippen LogP contribution in [-0.4, -0.2) is 29.4 Å². The maximum Gasteiger partial charge on any atom is 0.269 e. The van der Waals surface area contributed by atoms with Gasteiger partial charge in [-0.3, -0.25) is 14.9 Å². The van der Waals surface area contributed by atoms with Crippen LogP contribution in [-0.2, 0) is 10.5 Å². The van der Waals surface area contributed by atoms with E-state index in [1.807, 2.05) is 24.3 Å². The summed E-state index contributed by atoms with van der Waals surface area (Å²) in [5.41, 5.74) is 4.33. The molecule has 2 aromatic rings. The van der Waals surface area contributed by atoms with Gasteiger partial charge < -0.3 is 4.74 Å². The maximum atomic E-state index is 11.8. The quantitative estimate of drug-likeness (QED) is 0.264. The summed E-state index contributed by atoms with van der Waals surface area (Å²) in [4.78, 5) is 22.0. The van der Waals surface area contributed by atoms with Crippen molar-refractivity contribution in [3.05, 3.63) is 69.8 Å². The molecule has 148 valence electrons. The number of amides is 1. The van der Waals surface area contributed by atoms with Gasteiger partial charge in [0.15, 0.2) is 0 Å². The smallest absolute Gasteiger partial charge is 0.269 e. The molecule has 1 amide bonds. The molecule has 0 aromatic heterocycles. The van der Waals surface area contributed by atoms with Crippen LogP contribution in [0.1, 0.15) is 30.9 Å². The van der Waals surface area contributed by atoms with Crippen LogP contribution in [0.4, 0.5) is 5.69 Å². The highest BCUT2D eigenvalue weighted by Crippen LogP contribution is 2.16. The third-order valence-corrected chi connectivity index (χ3v) is 4.70. The summed E-state index contributed by atoms with van der Waals surface area (Å²) in [6.07, 6.45) is 3.70. The number of nitrogens with one attached hydrogen (secondary N) is 1. The van der Waals surface area contributed by atoms with E-state index in [2.05, 4.69) is 17.5 Å². The SMILES string of the molecule is CCCCOc1ccc(/C=N\NC(=O)CSCc2ccc([N+](=O)[O-])cc2)cc1. The number of nitrogens with zero attached hydrogens (tertiary/aromatic N) is 2. The Morgan fingerprint density at radius 3 is 2.57 bits per heavy atom. The van der Waals surface area contributed by atoms with Crippen LogP contribution in [0.15, 0.2) is 53.6 Å². The first-order valence-corrected chi connectivity index (χ1v) is 10.1. The molecule has 0 atom stereocenters. The topological polar surface area (TPSA) is 93.8 Å². The Morgan fingerprint density at radius 2 is 1.93 bits per heavy atom. The molecule has 7 nitrogen and oxygen atoms in total. The van der Waals surface area contributed by atoms with Crippen LogP contribution in [0.3, 0.4) is 0 Å². The highest BCUT2D eigenvalue weighted by atomic mass is 32.2. The van der Waals surface area contributed by atoms with E-state index in [0.29, 0.717) is 12.4 Å². The van der Waals surface area contributed by atoms with E-state index >= 15 is 0 Å². The summed E-state index contributed by atoms with van der Waals surface area (Å²) < 4.78 is 5.59. The Labute approximate surface area is 168 Å². The number of nitro benzene ring substituents is 1. The van der Waals surface area contributed by atoms with E-state index in [1.165, 1.54) is 23.9 Å². The second kappa shape index (κ2) is 11.8. The molecule has 0 unspecified atom stereocenters. The van der Waals surface area contributed by atoms with Crippen LogP contribution in [0.5, 0.6) is 5.75 Å². The normalized spacial score (nSPS) is 10.8. The van der Waals surface area contributed by atoms with Crippen molar-refractivity contribution >= 4 is 29.6 Å². The van der Waals surface area contributed by atoms with Crippen molar-refractivity contribution in [2.45, 2.75) is 25.5 Å². The number of ether oxygens (including phenoxy) is 1. The number of carbonyl (C=O) groups excluding carboxylic acids is 1. The number of carbonyl (C=O) groups is 1. The number of rotatable bonds is 11. The zero-order valence-corrected chi connectivity index (χ0v) is 16.5. The Balaban J connectivity index is 1.68. The molecule has 1 N–H and O–H groups in total. The molecule has 0 aliphatic rings. The van der Waals surface area contributed by atoms with E-state index < -0.39 is 4.92 Å². The second-order valence-corrected chi connectivity index (χ2v) is 6.97. The Bertz CT molecular complexity index is 792. The fraction of sp³-hybridized carbons (Fsp3) is 0.300. The number of thioether (sulfide) groups is 1. The molecule has 0 bridgehead atoms. The van der Waals surface area contributed by atoms with Crippen LogP contribution in [0.25, 0.3) is 0 Å². The number of benzene rings is 2. The second-order valence-electron chi connectivity index (χ2n) is 5.98. The fourth-order valence-corrected chi connectivity index (χ4v) is 2.95. The third kappa shape index (κ3) is 7.79. The highest BCUT2D eigenvalue weighted by molar-refractivity contribution is 7.99. The number of hydrogen-bond acceptors (Lipinski definition) is 6. The number of unbranched alkanes of at least 4 members (excludes halogenated alkanes) is 1. The van der Waals surface area contributed by atoms with Crippen LogP contribution in [0, 0.1) is 10.1 Å². The monoisotopic (exact) mass is 401 g/mol. The van der Waals surface area contributed by atoms with Gasteiger partial charge in [0.1, 0.15) is 5.75 Å². The minimum absolute atomic E-state index is 0.0568. The van der Waals surface area contributed by atoms with Gasteiger partial charge in [-0.15, -0.1) is 11.8 Å². The number of nitro groups is 1. The molecule has 0 heterocycles. The van der Waals surface area contributed by atoms with Gasteiger partial charge in [0.25, 0.3) is 5.69 Å². The molecule has 0 saturated heterocycles. The molecule has 0 aliphatic heterocycles. The van der Waals surface area contributed by atoms with Gasteiger partial charge in [-0.1, -0.05) is 25.5 Å². The van der Waals surface area contributed by atoms with Gasteiger partial charge in [0.2, 0.25) is 5.91 Å². The van der Waals surface area contributed by atoms with Crippen molar-refractivity contribution in [3.8, 4) is 5.75 Å². The number of hydrogen-bond donors (Lipinski definition) is 1. The number of non-ortho nitro benzene ring substituents is 1. The van der Waals surface area contributed by atoms with Gasteiger partial charge in [0, 0.05) is 17.9 Å². The lowest BCUT2D eigenvalue weighted by Crippen LogP contribution is -2.19. The van der Waals surface area contributed by atoms with E-state index in [-0.39, 0.29) is 17.3 Å². The van der Waals surface area contributed by atoms with E-state index in [9.17, 15) is 14.9 Å². The van der Waals surface area contributed by atoms with Crippen molar-refractivity contribution in [1.82, 2.24) is 5.43 Å². The molecule has 0 saturated carbocycles. The molecular weight excluding hydrogens is 378 g/mol. The summed E-state index contributed by atoms with van der Waals surface area (Å²) >= 11 is 1.41. The molecule has 28 heavy (non-hydrogen) atoms. The van der Waals surface area contributed by atoms with E-state index in [0.717, 1.165) is 29.7 Å². The lowest BCUT2D eigenvalue weighted by Gasteiger charge is -2.05. The summed E-state index contributed by atoms with van der Waals surface area (Å²) in [6.45, 7) is 2.82. The Kier molecular flexibility index (Phi) is 9.00. The average molecular weight is 401 g/mol. The summed E-state index contributed by atoms with van der Waals surface area (Å²) in [5, 5.41) is 14.6. The predicted molar refractivity (Wildman–Crippen MR) is 112 cm³/mol. The largest absolute Gasteiger partial charge is 0.494 e. The van der Waals surface area contributed by atoms with Gasteiger partial charge in [-0.25, -0.2) is 5.43 Å². The van der Waals surface area contributed by atoms with Crippen molar-refractivity contribution in [3.63, 3.8) is 0 Å². The molecular formula is C20H23N3O4S. The van der Waals surface area contributed by atoms with Crippen molar-refractivity contribution in [2.24, 2.45) is 5.10 Å². The lowest BCUT2D eigenvalue weighted by molar-refractivity contribution is -0.384. The molecule has 0 aliphatic carbocycles. The Morgan fingerprint density at radius 1 is 1.21 bits per heavy atom. The zero-order valence-electron chi connectivity index (χ0n) is 15.7. The Hall–Kier alpha value is -2.87. The molecule has 0 radical (unpaired) electrons. The van der Waals surface area contributed by atoms with Crippen molar-refractivity contribution in [1.29, 1.82) is 0 Å². The lowest BCUT2D eigenvalue weighted by atomic mass is 10.2. The van der Waals surface area contributed by atoms with E-state index in [4.69, 9.17) is 4.74 Å². The predicted octanol–water partition coefficient (Wildman–Crippen LogP) is 4.16. The average Bonchev–Trinajstić information content (AvgIpc) is 2.70. The number of hydrazone groups is 1. The summed E-state index contributed by atoms with van der Waals surface area (Å²) in [7, 11) is 0. The zero-order chi connectivity index (χ0) is 20.2. The molecule has 0 spiro atoms. The molecule has 2 aromatic carbocycles. The van der Waals surface area contributed by atoms with Crippen LogP contribution in [0.2, 0.25) is 0 Å².